The predicted octanol–water partition coefficient (Wildman–Crippen LogP) is 2.32. The van der Waals surface area contributed by atoms with E-state index in [0.29, 0.717) is 38.6 Å². The smallest absolute Gasteiger partial charge is 0.317 e. The summed E-state index contributed by atoms with van der Waals surface area (Å²) in [5.41, 5.74) is -0.744. The fraction of sp³-hybridized carbons (Fsp3) is 0.579. The summed E-state index contributed by atoms with van der Waals surface area (Å²) in [5, 5.41) is 23.1. The number of benzene rings is 1. The van der Waals surface area contributed by atoms with Crippen molar-refractivity contribution >= 4 is 12.0 Å². The van der Waals surface area contributed by atoms with Crippen LogP contribution in [0.3, 0.4) is 0 Å². The topological polar surface area (TPSA) is 89.9 Å². The number of nitrogens with one attached hydrogen (secondary N) is 1. The summed E-state index contributed by atoms with van der Waals surface area (Å²) >= 11 is 0. The monoisotopic (exact) mass is 346 g/mol. The van der Waals surface area contributed by atoms with Crippen LogP contribution in [0.25, 0.3) is 0 Å². The number of hydrogen-bond acceptors (Lipinski definition) is 3. The Morgan fingerprint density at radius 3 is 2.36 bits per heavy atom. The molecule has 1 heterocycles. The SMILES string of the molecule is CC1(C(=O)O)CCN(C(=O)NC2CCC(O)(c3ccccc3)CC2)C1. The summed E-state index contributed by atoms with van der Waals surface area (Å²) in [6.45, 7) is 2.40. The Morgan fingerprint density at radius 2 is 1.80 bits per heavy atom. The van der Waals surface area contributed by atoms with Gasteiger partial charge in [-0.05, 0) is 44.6 Å². The molecule has 2 fully saturated rings. The van der Waals surface area contributed by atoms with E-state index in [0.717, 1.165) is 5.56 Å². The first-order valence-corrected chi connectivity index (χ1v) is 8.89. The second kappa shape index (κ2) is 6.67. The Kier molecular flexibility index (Phi) is 4.73. The van der Waals surface area contributed by atoms with Crippen molar-refractivity contribution in [2.75, 3.05) is 13.1 Å². The van der Waals surface area contributed by atoms with Crippen molar-refractivity contribution in [2.45, 2.75) is 50.7 Å². The van der Waals surface area contributed by atoms with Gasteiger partial charge in [-0.3, -0.25) is 4.79 Å². The molecule has 6 heteroatoms. The van der Waals surface area contributed by atoms with Crippen molar-refractivity contribution in [3.63, 3.8) is 0 Å². The number of carbonyl (C=O) groups excluding carboxylic acids is 1. The van der Waals surface area contributed by atoms with Crippen molar-refractivity contribution in [2.24, 2.45) is 5.41 Å². The van der Waals surface area contributed by atoms with Gasteiger partial charge < -0.3 is 20.4 Å². The van der Waals surface area contributed by atoms with Crippen LogP contribution in [-0.4, -0.2) is 46.2 Å². The molecule has 1 aliphatic heterocycles. The summed E-state index contributed by atoms with van der Waals surface area (Å²) in [7, 11) is 0. The van der Waals surface area contributed by atoms with Crippen molar-refractivity contribution in [1.29, 1.82) is 0 Å². The highest BCUT2D eigenvalue weighted by Crippen LogP contribution is 2.37. The lowest BCUT2D eigenvalue weighted by Gasteiger charge is -2.37. The Hall–Kier alpha value is -2.08. The van der Waals surface area contributed by atoms with E-state index in [1.807, 2.05) is 30.3 Å². The van der Waals surface area contributed by atoms with Crippen LogP contribution in [0.1, 0.15) is 44.6 Å². The van der Waals surface area contributed by atoms with Crippen LogP contribution < -0.4 is 5.32 Å². The molecule has 0 aromatic heterocycles. The molecule has 3 N–H and O–H groups in total. The molecule has 136 valence electrons. The number of carbonyl (C=O) groups is 2. The van der Waals surface area contributed by atoms with E-state index in [9.17, 15) is 19.8 Å². The molecule has 2 aliphatic rings. The lowest BCUT2D eigenvalue weighted by molar-refractivity contribution is -0.147. The second-order valence-electron chi connectivity index (χ2n) is 7.66. The summed E-state index contributed by atoms with van der Waals surface area (Å²) in [6.07, 6.45) is 3.11. The molecule has 1 saturated carbocycles. The highest BCUT2D eigenvalue weighted by atomic mass is 16.4. The van der Waals surface area contributed by atoms with Crippen LogP contribution in [0.4, 0.5) is 4.79 Å². The first-order valence-electron chi connectivity index (χ1n) is 8.89. The first kappa shape index (κ1) is 17.7. The number of carboxylic acid groups (broad SMARTS) is 1. The molecule has 0 radical (unpaired) electrons. The molecular formula is C19H26N2O4. The molecule has 0 bridgehead atoms. The second-order valence-corrected chi connectivity index (χ2v) is 7.66. The average Bonchev–Trinajstić information content (AvgIpc) is 3.02. The fourth-order valence-electron chi connectivity index (χ4n) is 3.85. The molecule has 2 amide bonds. The molecule has 0 spiro atoms. The Morgan fingerprint density at radius 1 is 1.16 bits per heavy atom. The number of hydrogen-bond donors (Lipinski definition) is 3. The maximum atomic E-state index is 12.4. The minimum atomic E-state index is -0.853. The normalized spacial score (nSPS) is 32.4. The number of carboxylic acids is 1. The zero-order chi connectivity index (χ0) is 18.1. The fourth-order valence-corrected chi connectivity index (χ4v) is 3.85. The summed E-state index contributed by atoms with van der Waals surface area (Å²) in [5.74, 6) is -0.853. The Balaban J connectivity index is 1.53. The molecule has 6 nitrogen and oxygen atoms in total. The van der Waals surface area contributed by atoms with Gasteiger partial charge in [-0.1, -0.05) is 30.3 Å². The third-order valence-electron chi connectivity index (χ3n) is 5.73. The highest BCUT2D eigenvalue weighted by molar-refractivity contribution is 5.79. The quantitative estimate of drug-likeness (QED) is 0.783. The summed E-state index contributed by atoms with van der Waals surface area (Å²) in [6, 6.07) is 9.49. The maximum absolute atomic E-state index is 12.4. The molecular weight excluding hydrogens is 320 g/mol. The molecule has 1 atom stereocenters. The zero-order valence-electron chi connectivity index (χ0n) is 14.6. The van der Waals surface area contributed by atoms with E-state index in [1.165, 1.54) is 0 Å². The van der Waals surface area contributed by atoms with E-state index in [4.69, 9.17) is 0 Å². The van der Waals surface area contributed by atoms with Crippen LogP contribution in [0.5, 0.6) is 0 Å². The number of aliphatic carboxylic acids is 1. The number of amides is 2. The van der Waals surface area contributed by atoms with E-state index < -0.39 is 17.0 Å². The van der Waals surface area contributed by atoms with Crippen LogP contribution in [0.2, 0.25) is 0 Å². The van der Waals surface area contributed by atoms with Crippen LogP contribution in [0.15, 0.2) is 30.3 Å². The lowest BCUT2D eigenvalue weighted by Crippen LogP contribution is -2.47. The molecule has 1 aromatic rings. The molecule has 1 unspecified atom stereocenters. The number of urea groups is 1. The highest BCUT2D eigenvalue weighted by Gasteiger charge is 2.43. The van der Waals surface area contributed by atoms with Gasteiger partial charge in [-0.15, -0.1) is 0 Å². The summed E-state index contributed by atoms with van der Waals surface area (Å²) < 4.78 is 0. The number of likely N-dealkylation sites (tertiary alicyclic amines) is 1. The van der Waals surface area contributed by atoms with Gasteiger partial charge in [-0.2, -0.15) is 0 Å². The van der Waals surface area contributed by atoms with Gasteiger partial charge in [0.15, 0.2) is 0 Å². The standard InChI is InChI=1S/C19H26N2O4/c1-18(16(22)23)11-12-21(13-18)17(24)20-15-7-9-19(25,10-8-15)14-5-3-2-4-6-14/h2-6,15,25H,7-13H2,1H3,(H,20,24)(H,22,23). The van der Waals surface area contributed by atoms with E-state index in [1.54, 1.807) is 11.8 Å². The third kappa shape index (κ3) is 3.63. The van der Waals surface area contributed by atoms with Crippen molar-refractivity contribution in [3.05, 3.63) is 35.9 Å². The van der Waals surface area contributed by atoms with E-state index in [2.05, 4.69) is 5.32 Å². The number of rotatable bonds is 3. The van der Waals surface area contributed by atoms with Crippen LogP contribution in [0, 0.1) is 5.41 Å². The molecule has 3 rings (SSSR count). The first-order chi connectivity index (χ1) is 11.8. The minimum absolute atomic E-state index is 0.0215. The number of nitrogens with zero attached hydrogens (tertiary/aromatic N) is 1. The molecule has 1 aliphatic carbocycles. The van der Waals surface area contributed by atoms with E-state index >= 15 is 0 Å². The van der Waals surface area contributed by atoms with Gasteiger partial charge in [0.05, 0.1) is 11.0 Å². The van der Waals surface area contributed by atoms with Crippen LogP contribution in [-0.2, 0) is 10.4 Å². The van der Waals surface area contributed by atoms with Gasteiger partial charge in [0.25, 0.3) is 0 Å². The minimum Gasteiger partial charge on any atom is -0.481 e. The van der Waals surface area contributed by atoms with E-state index in [-0.39, 0.29) is 18.6 Å². The molecule has 1 saturated heterocycles. The average molecular weight is 346 g/mol. The molecule has 25 heavy (non-hydrogen) atoms. The van der Waals surface area contributed by atoms with Crippen molar-refractivity contribution in [3.8, 4) is 0 Å². The van der Waals surface area contributed by atoms with Crippen molar-refractivity contribution in [1.82, 2.24) is 10.2 Å². The zero-order valence-corrected chi connectivity index (χ0v) is 14.6. The molecule has 1 aromatic carbocycles. The maximum Gasteiger partial charge on any atom is 0.317 e. The van der Waals surface area contributed by atoms with Crippen molar-refractivity contribution < 1.29 is 19.8 Å². The van der Waals surface area contributed by atoms with Gasteiger partial charge >= 0.3 is 12.0 Å². The number of aliphatic hydroxyl groups is 1. The Labute approximate surface area is 147 Å². The van der Waals surface area contributed by atoms with Gasteiger partial charge in [0.2, 0.25) is 0 Å². The Bertz CT molecular complexity index is 640. The third-order valence-corrected chi connectivity index (χ3v) is 5.73. The summed E-state index contributed by atoms with van der Waals surface area (Å²) in [4.78, 5) is 25.3. The lowest BCUT2D eigenvalue weighted by atomic mass is 9.78. The van der Waals surface area contributed by atoms with Crippen LogP contribution >= 0.6 is 0 Å². The van der Waals surface area contributed by atoms with Gasteiger partial charge in [0.1, 0.15) is 0 Å². The largest absolute Gasteiger partial charge is 0.481 e. The van der Waals surface area contributed by atoms with Gasteiger partial charge in [-0.25, -0.2) is 4.79 Å². The predicted molar refractivity (Wildman–Crippen MR) is 93.1 cm³/mol. The van der Waals surface area contributed by atoms with Gasteiger partial charge in [0, 0.05) is 19.1 Å².